The van der Waals surface area contributed by atoms with Crippen LogP contribution in [0.4, 0.5) is 5.82 Å². The molecule has 38 heavy (non-hydrogen) atoms. The molecule has 0 N–H and O–H groups in total. The Morgan fingerprint density at radius 1 is 0.868 bits per heavy atom. The summed E-state index contributed by atoms with van der Waals surface area (Å²) in [6.45, 7) is 4.49. The minimum Gasteiger partial charge on any atom is -0.352 e. The fraction of sp³-hybridized carbons (Fsp3) is 0.167. The number of aryl methyl sites for hydroxylation is 1. The van der Waals surface area contributed by atoms with Crippen LogP contribution < -0.4 is 4.90 Å². The summed E-state index contributed by atoms with van der Waals surface area (Å²) in [6, 6.07) is 23.7. The first kappa shape index (κ1) is 24.5. The van der Waals surface area contributed by atoms with Gasteiger partial charge in [-0.3, -0.25) is 4.79 Å². The number of aromatic nitrogens is 3. The lowest BCUT2D eigenvalue weighted by molar-refractivity contribution is 0.0747. The molecule has 8 heteroatoms. The SMILES string of the molecule is Cc1ccc(-n2cc(-c3ccccc3)c3c(N4CCN(C(=O)c5ccc(Cl)cc5Cl)CC4)ncnc32)cc1. The molecule has 0 bridgehead atoms. The number of rotatable bonds is 4. The van der Waals surface area contributed by atoms with Crippen molar-refractivity contribution in [2.24, 2.45) is 0 Å². The van der Waals surface area contributed by atoms with Gasteiger partial charge in [0.05, 0.1) is 16.0 Å². The predicted octanol–water partition coefficient (Wildman–Crippen LogP) is 6.67. The topological polar surface area (TPSA) is 54.3 Å². The Balaban J connectivity index is 1.36. The minimum absolute atomic E-state index is 0.0883. The third kappa shape index (κ3) is 4.51. The molecule has 0 aliphatic carbocycles. The lowest BCUT2D eigenvalue weighted by atomic mass is 10.1. The minimum atomic E-state index is -0.0883. The van der Waals surface area contributed by atoms with E-state index in [-0.39, 0.29) is 5.91 Å². The van der Waals surface area contributed by atoms with Gasteiger partial charge in [-0.15, -0.1) is 0 Å². The third-order valence-corrected chi connectivity index (χ3v) is 7.54. The zero-order valence-corrected chi connectivity index (χ0v) is 22.3. The molecule has 0 saturated carbocycles. The second-order valence-electron chi connectivity index (χ2n) is 9.41. The van der Waals surface area contributed by atoms with E-state index in [0.717, 1.165) is 33.7 Å². The van der Waals surface area contributed by atoms with Crippen LogP contribution in [0.1, 0.15) is 15.9 Å². The van der Waals surface area contributed by atoms with Gasteiger partial charge in [-0.1, -0.05) is 71.2 Å². The smallest absolute Gasteiger partial charge is 0.255 e. The molecule has 6 rings (SSSR count). The lowest BCUT2D eigenvalue weighted by Crippen LogP contribution is -2.49. The number of carbonyl (C=O) groups excluding carboxylic acids is 1. The van der Waals surface area contributed by atoms with Crippen LogP contribution in [0.25, 0.3) is 27.8 Å². The Bertz CT molecular complexity index is 1620. The molecule has 1 aliphatic rings. The van der Waals surface area contributed by atoms with Crippen LogP contribution in [0.5, 0.6) is 0 Å². The second kappa shape index (κ2) is 10.1. The van der Waals surface area contributed by atoms with Crippen molar-refractivity contribution in [2.45, 2.75) is 6.92 Å². The number of halogens is 2. The van der Waals surface area contributed by atoms with Crippen LogP contribution >= 0.6 is 23.2 Å². The van der Waals surface area contributed by atoms with Gasteiger partial charge in [0, 0.05) is 48.6 Å². The Labute approximate surface area is 231 Å². The maximum Gasteiger partial charge on any atom is 0.255 e. The second-order valence-corrected chi connectivity index (χ2v) is 10.3. The molecule has 0 atom stereocenters. The maximum absolute atomic E-state index is 13.2. The van der Waals surface area contributed by atoms with Crippen molar-refractivity contribution >= 4 is 46.0 Å². The zero-order chi connectivity index (χ0) is 26.2. The van der Waals surface area contributed by atoms with Gasteiger partial charge in [0.25, 0.3) is 5.91 Å². The monoisotopic (exact) mass is 541 g/mol. The van der Waals surface area contributed by atoms with Crippen LogP contribution in [-0.2, 0) is 0 Å². The van der Waals surface area contributed by atoms with Gasteiger partial charge in [0.2, 0.25) is 0 Å². The fourth-order valence-corrected chi connectivity index (χ4v) is 5.47. The van der Waals surface area contributed by atoms with Crippen molar-refractivity contribution in [3.8, 4) is 16.8 Å². The largest absolute Gasteiger partial charge is 0.352 e. The quantitative estimate of drug-likeness (QED) is 0.255. The molecule has 6 nitrogen and oxygen atoms in total. The van der Waals surface area contributed by atoms with Gasteiger partial charge in [-0.2, -0.15) is 0 Å². The molecule has 0 spiro atoms. The molecule has 0 unspecified atom stereocenters. The number of nitrogens with zero attached hydrogens (tertiary/aromatic N) is 5. The Morgan fingerprint density at radius 3 is 2.32 bits per heavy atom. The van der Waals surface area contributed by atoms with E-state index in [2.05, 4.69) is 59.0 Å². The van der Waals surface area contributed by atoms with Crippen molar-refractivity contribution in [1.29, 1.82) is 0 Å². The predicted molar refractivity (Wildman–Crippen MR) is 154 cm³/mol. The first-order chi connectivity index (χ1) is 18.5. The molecule has 0 radical (unpaired) electrons. The Morgan fingerprint density at radius 2 is 1.61 bits per heavy atom. The van der Waals surface area contributed by atoms with E-state index in [1.54, 1.807) is 24.5 Å². The normalized spacial score (nSPS) is 13.8. The van der Waals surface area contributed by atoms with E-state index in [0.29, 0.717) is 41.8 Å². The van der Waals surface area contributed by atoms with Crippen molar-refractivity contribution in [3.05, 3.63) is 106 Å². The van der Waals surface area contributed by atoms with E-state index >= 15 is 0 Å². The standard InChI is InChI=1S/C30H25Cl2N5O/c1-20-7-10-23(11-8-20)37-18-25(21-5-3-2-4-6-21)27-28(33-19-34-29(27)37)35-13-15-36(16-14-35)30(38)24-12-9-22(31)17-26(24)32/h2-12,17-19H,13-16H2,1H3. The van der Waals surface area contributed by atoms with Crippen molar-refractivity contribution in [2.75, 3.05) is 31.1 Å². The van der Waals surface area contributed by atoms with E-state index in [1.807, 2.05) is 23.1 Å². The highest BCUT2D eigenvalue weighted by Gasteiger charge is 2.27. The highest BCUT2D eigenvalue weighted by Crippen LogP contribution is 2.37. The Hall–Kier alpha value is -3.87. The van der Waals surface area contributed by atoms with Crippen LogP contribution in [0, 0.1) is 6.92 Å². The van der Waals surface area contributed by atoms with Gasteiger partial charge in [-0.25, -0.2) is 9.97 Å². The molecule has 3 heterocycles. The van der Waals surface area contributed by atoms with Crippen LogP contribution in [-0.4, -0.2) is 51.5 Å². The van der Waals surface area contributed by atoms with Crippen molar-refractivity contribution in [1.82, 2.24) is 19.4 Å². The van der Waals surface area contributed by atoms with Crippen molar-refractivity contribution in [3.63, 3.8) is 0 Å². The summed E-state index contributed by atoms with van der Waals surface area (Å²) in [4.78, 5) is 26.7. The summed E-state index contributed by atoms with van der Waals surface area (Å²) in [5.41, 5.74) is 5.74. The first-order valence-electron chi connectivity index (χ1n) is 12.5. The van der Waals surface area contributed by atoms with E-state index < -0.39 is 0 Å². The molecular weight excluding hydrogens is 517 g/mol. The van der Waals surface area contributed by atoms with Crippen LogP contribution in [0.2, 0.25) is 10.0 Å². The van der Waals surface area contributed by atoms with Gasteiger partial charge in [-0.05, 0) is 42.8 Å². The summed E-state index contributed by atoms with van der Waals surface area (Å²) in [5, 5.41) is 1.88. The fourth-order valence-electron chi connectivity index (χ4n) is 4.98. The molecule has 1 saturated heterocycles. The van der Waals surface area contributed by atoms with Gasteiger partial charge in [0.15, 0.2) is 5.65 Å². The summed E-state index contributed by atoms with van der Waals surface area (Å²) >= 11 is 12.3. The zero-order valence-electron chi connectivity index (χ0n) is 20.8. The van der Waals surface area contributed by atoms with E-state index in [9.17, 15) is 4.79 Å². The molecular formula is C30H25Cl2N5O. The number of carbonyl (C=O) groups is 1. The molecule has 1 aliphatic heterocycles. The summed E-state index contributed by atoms with van der Waals surface area (Å²) < 4.78 is 2.13. The number of amides is 1. The maximum atomic E-state index is 13.2. The number of hydrogen-bond acceptors (Lipinski definition) is 4. The number of anilines is 1. The third-order valence-electron chi connectivity index (χ3n) is 6.99. The average molecular weight is 542 g/mol. The number of hydrogen-bond donors (Lipinski definition) is 0. The summed E-state index contributed by atoms with van der Waals surface area (Å²) in [5.74, 6) is 0.783. The van der Waals surface area contributed by atoms with Gasteiger partial charge >= 0.3 is 0 Å². The van der Waals surface area contributed by atoms with Gasteiger partial charge in [0.1, 0.15) is 12.1 Å². The van der Waals surface area contributed by atoms with Gasteiger partial charge < -0.3 is 14.4 Å². The number of fused-ring (bicyclic) bond motifs is 1. The van der Waals surface area contributed by atoms with Crippen LogP contribution in [0.15, 0.2) is 85.3 Å². The molecule has 3 aromatic carbocycles. The number of piperazine rings is 1. The average Bonchev–Trinajstić information content (AvgIpc) is 3.34. The molecule has 2 aromatic heterocycles. The van der Waals surface area contributed by atoms with E-state index in [4.69, 9.17) is 33.2 Å². The highest BCUT2D eigenvalue weighted by molar-refractivity contribution is 6.36. The first-order valence-corrected chi connectivity index (χ1v) is 13.2. The summed E-state index contributed by atoms with van der Waals surface area (Å²) in [7, 11) is 0. The molecule has 1 fully saturated rings. The highest BCUT2D eigenvalue weighted by atomic mass is 35.5. The molecule has 5 aromatic rings. The Kier molecular flexibility index (Phi) is 6.52. The lowest BCUT2D eigenvalue weighted by Gasteiger charge is -2.36. The van der Waals surface area contributed by atoms with E-state index in [1.165, 1.54) is 5.56 Å². The summed E-state index contributed by atoms with van der Waals surface area (Å²) in [6.07, 6.45) is 3.77. The molecule has 1 amide bonds. The van der Waals surface area contributed by atoms with Crippen molar-refractivity contribution < 1.29 is 4.79 Å². The molecule has 190 valence electrons. The van der Waals surface area contributed by atoms with Crippen LogP contribution in [0.3, 0.4) is 0 Å². The number of benzene rings is 3.